The molecular weight excluding hydrogens is 333 g/mol. The number of rotatable bonds is 4. The summed E-state index contributed by atoms with van der Waals surface area (Å²) in [6.07, 6.45) is 1.84. The monoisotopic (exact) mass is 349 g/mol. The average molecular weight is 350 g/mol. The first-order valence-corrected chi connectivity index (χ1v) is 8.83. The lowest BCUT2D eigenvalue weighted by atomic mass is 10.1. The molecule has 0 aromatic heterocycles. The van der Waals surface area contributed by atoms with Crippen molar-refractivity contribution >= 4 is 26.0 Å². The molecule has 0 aliphatic carbocycles. The third kappa shape index (κ3) is 3.17. The molecule has 3 nitrogen and oxygen atoms in total. The quantitative estimate of drug-likeness (QED) is 0.783. The van der Waals surface area contributed by atoms with Gasteiger partial charge in [0.25, 0.3) is 0 Å². The number of sulfonamides is 1. The highest BCUT2D eigenvalue weighted by Crippen LogP contribution is 2.28. The lowest BCUT2D eigenvalue weighted by Gasteiger charge is -2.18. The summed E-state index contributed by atoms with van der Waals surface area (Å²) in [5.41, 5.74) is 0.588. The summed E-state index contributed by atoms with van der Waals surface area (Å²) < 4.78 is 39.8. The van der Waals surface area contributed by atoms with Crippen molar-refractivity contribution in [1.29, 1.82) is 0 Å². The van der Waals surface area contributed by atoms with Crippen molar-refractivity contribution in [3.8, 4) is 0 Å². The molecule has 1 aliphatic heterocycles. The van der Waals surface area contributed by atoms with Crippen LogP contribution in [0.4, 0.5) is 4.39 Å². The first-order valence-electron chi connectivity index (χ1n) is 6.27. The van der Waals surface area contributed by atoms with Crippen LogP contribution in [0.2, 0.25) is 0 Å². The molecule has 1 unspecified atom stereocenters. The van der Waals surface area contributed by atoms with E-state index in [1.54, 1.807) is 6.92 Å². The summed E-state index contributed by atoms with van der Waals surface area (Å²) in [6.45, 7) is 2.75. The summed E-state index contributed by atoms with van der Waals surface area (Å²) in [5.74, 6) is -0.122. The lowest BCUT2D eigenvalue weighted by molar-refractivity contribution is 0.453. The fourth-order valence-electron chi connectivity index (χ4n) is 2.40. The van der Waals surface area contributed by atoms with Crippen LogP contribution < -0.4 is 0 Å². The zero-order valence-electron chi connectivity index (χ0n) is 10.8. The van der Waals surface area contributed by atoms with Crippen LogP contribution in [0.15, 0.2) is 23.1 Å². The van der Waals surface area contributed by atoms with E-state index in [9.17, 15) is 12.8 Å². The molecule has 0 spiro atoms. The van der Waals surface area contributed by atoms with Crippen LogP contribution in [0.1, 0.15) is 18.4 Å². The van der Waals surface area contributed by atoms with Gasteiger partial charge in [-0.1, -0.05) is 22.0 Å². The number of aryl methyl sites for hydroxylation is 1. The van der Waals surface area contributed by atoms with Crippen LogP contribution in [0.3, 0.4) is 0 Å². The molecule has 19 heavy (non-hydrogen) atoms. The average Bonchev–Trinajstić information content (AvgIpc) is 2.82. The minimum atomic E-state index is -3.57. The Hall–Kier alpha value is -0.460. The van der Waals surface area contributed by atoms with E-state index >= 15 is 0 Å². The number of benzene rings is 1. The maximum absolute atomic E-state index is 13.3. The lowest BCUT2D eigenvalue weighted by Crippen LogP contribution is -2.29. The molecule has 2 rings (SSSR count). The van der Waals surface area contributed by atoms with Crippen LogP contribution in [0, 0.1) is 18.7 Å². The van der Waals surface area contributed by atoms with Gasteiger partial charge in [0.1, 0.15) is 5.82 Å². The Labute approximate surface area is 122 Å². The second kappa shape index (κ2) is 5.89. The summed E-state index contributed by atoms with van der Waals surface area (Å²) in [4.78, 5) is 0.0898. The number of nitrogens with zero attached hydrogens (tertiary/aromatic N) is 1. The maximum Gasteiger partial charge on any atom is 0.243 e. The molecule has 1 aromatic carbocycles. The normalized spacial score (nSPS) is 20.9. The van der Waals surface area contributed by atoms with Crippen molar-refractivity contribution in [2.75, 3.05) is 18.4 Å². The standard InChI is InChI=1S/C13H17BrFNO2S/c1-10-2-3-12(15)8-13(10)19(17,18)16-7-5-11(9-16)4-6-14/h2-3,8,11H,4-7,9H2,1H3. The molecule has 0 N–H and O–H groups in total. The molecule has 0 amide bonds. The second-order valence-corrected chi connectivity index (χ2v) is 7.60. The van der Waals surface area contributed by atoms with Crippen molar-refractivity contribution in [2.24, 2.45) is 5.92 Å². The molecule has 0 bridgehead atoms. The Balaban J connectivity index is 2.26. The first kappa shape index (κ1) is 14.9. The molecular formula is C13H17BrFNO2S. The molecule has 1 aliphatic rings. The SMILES string of the molecule is Cc1ccc(F)cc1S(=O)(=O)N1CCC(CCBr)C1. The van der Waals surface area contributed by atoms with E-state index in [0.717, 1.165) is 24.2 Å². The highest BCUT2D eigenvalue weighted by molar-refractivity contribution is 9.09. The van der Waals surface area contributed by atoms with Gasteiger partial charge < -0.3 is 0 Å². The molecule has 1 atom stereocenters. The largest absolute Gasteiger partial charge is 0.243 e. The van der Waals surface area contributed by atoms with E-state index in [-0.39, 0.29) is 4.90 Å². The van der Waals surface area contributed by atoms with Gasteiger partial charge in [-0.15, -0.1) is 0 Å². The van der Waals surface area contributed by atoms with E-state index < -0.39 is 15.8 Å². The summed E-state index contributed by atoms with van der Waals surface area (Å²) in [5, 5.41) is 0.880. The summed E-state index contributed by atoms with van der Waals surface area (Å²) >= 11 is 3.38. The summed E-state index contributed by atoms with van der Waals surface area (Å²) in [7, 11) is -3.57. The van der Waals surface area contributed by atoms with Gasteiger partial charge in [-0.05, 0) is 43.4 Å². The van der Waals surface area contributed by atoms with E-state index in [4.69, 9.17) is 0 Å². The van der Waals surface area contributed by atoms with Gasteiger partial charge >= 0.3 is 0 Å². The smallest absolute Gasteiger partial charge is 0.207 e. The number of hydrogen-bond donors (Lipinski definition) is 0. The van der Waals surface area contributed by atoms with Gasteiger partial charge in [-0.3, -0.25) is 0 Å². The Kier molecular flexibility index (Phi) is 4.63. The van der Waals surface area contributed by atoms with Crippen LogP contribution >= 0.6 is 15.9 Å². The summed E-state index contributed by atoms with van der Waals surface area (Å²) in [6, 6.07) is 3.91. The molecule has 1 aromatic rings. The molecule has 0 saturated carbocycles. The van der Waals surface area contributed by atoms with Gasteiger partial charge in [-0.2, -0.15) is 4.31 Å². The minimum absolute atomic E-state index is 0.0898. The van der Waals surface area contributed by atoms with Crippen molar-refractivity contribution in [1.82, 2.24) is 4.31 Å². The molecule has 106 valence electrons. The van der Waals surface area contributed by atoms with E-state index in [2.05, 4.69) is 15.9 Å². The first-order chi connectivity index (χ1) is 8.95. The van der Waals surface area contributed by atoms with Crippen LogP contribution in [0.5, 0.6) is 0 Å². The van der Waals surface area contributed by atoms with Crippen molar-refractivity contribution in [3.05, 3.63) is 29.6 Å². The van der Waals surface area contributed by atoms with Crippen LogP contribution in [-0.2, 0) is 10.0 Å². The van der Waals surface area contributed by atoms with Crippen molar-refractivity contribution in [3.63, 3.8) is 0 Å². The minimum Gasteiger partial charge on any atom is -0.207 e. The fourth-order valence-corrected chi connectivity index (χ4v) is 4.81. The number of halogens is 2. The maximum atomic E-state index is 13.3. The fraction of sp³-hybridized carbons (Fsp3) is 0.538. The Morgan fingerprint density at radius 3 is 2.89 bits per heavy atom. The molecule has 6 heteroatoms. The van der Waals surface area contributed by atoms with Gasteiger partial charge in [0.2, 0.25) is 10.0 Å². The highest BCUT2D eigenvalue weighted by Gasteiger charge is 2.33. The molecule has 1 heterocycles. The van der Waals surface area contributed by atoms with Gasteiger partial charge in [-0.25, -0.2) is 12.8 Å². The van der Waals surface area contributed by atoms with Crippen LogP contribution in [0.25, 0.3) is 0 Å². The Morgan fingerprint density at radius 2 is 2.21 bits per heavy atom. The van der Waals surface area contributed by atoms with Gasteiger partial charge in [0.05, 0.1) is 4.90 Å². The Bertz CT molecular complexity index is 562. The predicted molar refractivity (Wildman–Crippen MR) is 76.4 cm³/mol. The van der Waals surface area contributed by atoms with E-state index in [1.165, 1.54) is 16.4 Å². The van der Waals surface area contributed by atoms with Crippen molar-refractivity contribution < 1.29 is 12.8 Å². The zero-order valence-corrected chi connectivity index (χ0v) is 13.2. The number of alkyl halides is 1. The second-order valence-electron chi connectivity index (χ2n) is 4.91. The third-order valence-corrected chi connectivity index (χ3v) is 6.00. The molecule has 1 fully saturated rings. The predicted octanol–water partition coefficient (Wildman–Crippen LogP) is 2.93. The molecule has 1 saturated heterocycles. The zero-order chi connectivity index (χ0) is 14.0. The topological polar surface area (TPSA) is 37.4 Å². The van der Waals surface area contributed by atoms with E-state index in [0.29, 0.717) is 24.6 Å². The van der Waals surface area contributed by atoms with Crippen molar-refractivity contribution in [2.45, 2.75) is 24.7 Å². The highest BCUT2D eigenvalue weighted by atomic mass is 79.9. The Morgan fingerprint density at radius 1 is 1.47 bits per heavy atom. The van der Waals surface area contributed by atoms with Gasteiger partial charge in [0.15, 0.2) is 0 Å². The third-order valence-electron chi connectivity index (χ3n) is 3.53. The van der Waals surface area contributed by atoms with Gasteiger partial charge in [0, 0.05) is 18.4 Å². The molecule has 0 radical (unpaired) electrons. The van der Waals surface area contributed by atoms with E-state index in [1.807, 2.05) is 0 Å². The number of hydrogen-bond acceptors (Lipinski definition) is 2. The van der Waals surface area contributed by atoms with Crippen LogP contribution in [-0.4, -0.2) is 31.1 Å².